The first-order valence-electron chi connectivity index (χ1n) is 22.1. The standard InChI is InChI=1S/C62H40N2/c1-2-20-46(21-3-1)64-58-31-15-30-52(62(58)61-51-25-9-4-16-41(51)34-37-59(61)64)43-19-14-22-48(38-43)63(60-40-45-18-6-8-24-50(45)54-27-12-13-29-56(54)60)47-35-32-42(33-36-47)57-39-44-17-5-7-23-49(44)53-26-10-11-28-55(53)57/h1-40H. The molecule has 0 bridgehead atoms. The quantitative estimate of drug-likeness (QED) is 0.152. The topological polar surface area (TPSA) is 8.17 Å². The molecule has 0 aliphatic rings. The molecule has 0 saturated heterocycles. The van der Waals surface area contributed by atoms with Crippen LogP contribution >= 0.6 is 0 Å². The van der Waals surface area contributed by atoms with Crippen molar-refractivity contribution in [2.24, 2.45) is 0 Å². The van der Waals surface area contributed by atoms with Crippen molar-refractivity contribution in [2.45, 2.75) is 0 Å². The molecule has 0 fully saturated rings. The molecule has 0 amide bonds. The average Bonchev–Trinajstić information content (AvgIpc) is 3.72. The Bertz CT molecular complexity index is 3950. The van der Waals surface area contributed by atoms with Crippen LogP contribution in [0.1, 0.15) is 0 Å². The zero-order valence-corrected chi connectivity index (χ0v) is 35.0. The van der Waals surface area contributed by atoms with Gasteiger partial charge in [0, 0.05) is 33.2 Å². The molecule has 0 unspecified atom stereocenters. The highest BCUT2D eigenvalue weighted by molar-refractivity contribution is 6.25. The van der Waals surface area contributed by atoms with Crippen LogP contribution in [0.5, 0.6) is 0 Å². The first-order chi connectivity index (χ1) is 31.8. The second kappa shape index (κ2) is 14.6. The van der Waals surface area contributed by atoms with Crippen LogP contribution in [0.4, 0.5) is 17.1 Å². The first-order valence-corrected chi connectivity index (χ1v) is 22.1. The molecule has 13 aromatic rings. The molecule has 2 nitrogen and oxygen atoms in total. The maximum Gasteiger partial charge on any atom is 0.0547 e. The minimum absolute atomic E-state index is 1.09. The molecule has 0 aliphatic heterocycles. The van der Waals surface area contributed by atoms with Gasteiger partial charge in [-0.15, -0.1) is 0 Å². The van der Waals surface area contributed by atoms with Crippen LogP contribution in [-0.2, 0) is 0 Å². The van der Waals surface area contributed by atoms with E-state index in [9.17, 15) is 0 Å². The van der Waals surface area contributed by atoms with Crippen LogP contribution in [0.15, 0.2) is 243 Å². The molecule has 64 heavy (non-hydrogen) atoms. The number of anilines is 3. The zero-order valence-electron chi connectivity index (χ0n) is 35.0. The second-order valence-electron chi connectivity index (χ2n) is 16.8. The predicted octanol–water partition coefficient (Wildman–Crippen LogP) is 17.4. The molecule has 0 saturated carbocycles. The Balaban J connectivity index is 1.04. The van der Waals surface area contributed by atoms with E-state index >= 15 is 0 Å². The fourth-order valence-electron chi connectivity index (χ4n) is 10.5. The Morgan fingerprint density at radius 3 is 1.61 bits per heavy atom. The van der Waals surface area contributed by atoms with Gasteiger partial charge in [0.05, 0.1) is 16.7 Å². The summed E-state index contributed by atoms with van der Waals surface area (Å²) in [5.74, 6) is 0. The number of fused-ring (bicyclic) bond motifs is 11. The third kappa shape index (κ3) is 5.66. The maximum atomic E-state index is 2.46. The lowest BCUT2D eigenvalue weighted by Crippen LogP contribution is -2.11. The highest BCUT2D eigenvalue weighted by Crippen LogP contribution is 2.46. The van der Waals surface area contributed by atoms with E-state index in [4.69, 9.17) is 0 Å². The minimum atomic E-state index is 1.09. The van der Waals surface area contributed by atoms with Gasteiger partial charge in [-0.2, -0.15) is 0 Å². The van der Waals surface area contributed by atoms with E-state index in [2.05, 4.69) is 252 Å². The van der Waals surface area contributed by atoms with Gasteiger partial charge in [-0.3, -0.25) is 0 Å². The van der Waals surface area contributed by atoms with Crippen LogP contribution in [0.25, 0.3) is 104 Å². The van der Waals surface area contributed by atoms with Crippen molar-refractivity contribution in [1.82, 2.24) is 4.57 Å². The molecule has 1 aromatic heterocycles. The lowest BCUT2D eigenvalue weighted by Gasteiger charge is -2.28. The summed E-state index contributed by atoms with van der Waals surface area (Å²) in [4.78, 5) is 2.46. The van der Waals surface area contributed by atoms with Crippen LogP contribution in [0.2, 0.25) is 0 Å². The summed E-state index contributed by atoms with van der Waals surface area (Å²) in [7, 11) is 0. The predicted molar refractivity (Wildman–Crippen MR) is 274 cm³/mol. The van der Waals surface area contributed by atoms with Crippen molar-refractivity contribution < 1.29 is 0 Å². The van der Waals surface area contributed by atoms with Crippen molar-refractivity contribution in [3.8, 4) is 27.9 Å². The first kappa shape index (κ1) is 36.2. The van der Waals surface area contributed by atoms with Gasteiger partial charge in [0.15, 0.2) is 0 Å². The van der Waals surface area contributed by atoms with E-state index in [1.807, 2.05) is 0 Å². The van der Waals surface area contributed by atoms with E-state index in [1.165, 1.54) is 92.4 Å². The molecule has 0 spiro atoms. The van der Waals surface area contributed by atoms with Gasteiger partial charge in [0.25, 0.3) is 0 Å². The normalized spacial score (nSPS) is 11.8. The van der Waals surface area contributed by atoms with Crippen LogP contribution < -0.4 is 4.90 Å². The monoisotopic (exact) mass is 812 g/mol. The number of benzene rings is 12. The highest BCUT2D eigenvalue weighted by Gasteiger charge is 2.22. The summed E-state index contributed by atoms with van der Waals surface area (Å²) in [6, 6.07) is 89.1. The average molecular weight is 813 g/mol. The third-order valence-corrected chi connectivity index (χ3v) is 13.3. The molecule has 0 atom stereocenters. The molecule has 1 heterocycles. The van der Waals surface area contributed by atoms with Crippen LogP contribution in [0.3, 0.4) is 0 Å². The second-order valence-corrected chi connectivity index (χ2v) is 16.8. The molecule has 0 radical (unpaired) electrons. The maximum absolute atomic E-state index is 2.46. The Kier molecular flexibility index (Phi) is 8.25. The lowest BCUT2D eigenvalue weighted by molar-refractivity contribution is 1.18. The van der Waals surface area contributed by atoms with Crippen molar-refractivity contribution in [1.29, 1.82) is 0 Å². The van der Waals surface area contributed by atoms with E-state index in [0.29, 0.717) is 0 Å². The fourth-order valence-corrected chi connectivity index (χ4v) is 10.5. The number of rotatable bonds is 6. The molecular weight excluding hydrogens is 773 g/mol. The van der Waals surface area contributed by atoms with Gasteiger partial charge in [-0.1, -0.05) is 182 Å². The summed E-state index contributed by atoms with van der Waals surface area (Å²) in [6.07, 6.45) is 0. The molecule has 13 rings (SSSR count). The number of hydrogen-bond donors (Lipinski definition) is 0. The zero-order chi connectivity index (χ0) is 42.1. The van der Waals surface area contributed by atoms with Crippen molar-refractivity contribution in [3.63, 3.8) is 0 Å². The Labute approximate surface area is 371 Å². The van der Waals surface area contributed by atoms with E-state index in [0.717, 1.165) is 28.3 Å². The molecule has 0 aliphatic carbocycles. The van der Waals surface area contributed by atoms with Gasteiger partial charge < -0.3 is 9.47 Å². The Morgan fingerprint density at radius 1 is 0.281 bits per heavy atom. The van der Waals surface area contributed by atoms with Crippen molar-refractivity contribution >= 4 is 92.7 Å². The molecule has 0 N–H and O–H groups in total. The lowest BCUT2D eigenvalue weighted by atomic mass is 9.93. The smallest absolute Gasteiger partial charge is 0.0547 e. The van der Waals surface area contributed by atoms with Gasteiger partial charge in [0.1, 0.15) is 0 Å². The summed E-state index contributed by atoms with van der Waals surface area (Å²) >= 11 is 0. The third-order valence-electron chi connectivity index (χ3n) is 13.3. The number of nitrogens with zero attached hydrogens (tertiary/aromatic N) is 2. The van der Waals surface area contributed by atoms with E-state index < -0.39 is 0 Å². The van der Waals surface area contributed by atoms with E-state index in [-0.39, 0.29) is 0 Å². The van der Waals surface area contributed by atoms with Gasteiger partial charge >= 0.3 is 0 Å². The van der Waals surface area contributed by atoms with E-state index in [1.54, 1.807) is 0 Å². The molecule has 298 valence electrons. The highest BCUT2D eigenvalue weighted by atomic mass is 15.1. The summed E-state index contributed by atoms with van der Waals surface area (Å²) in [6.45, 7) is 0. The molecular formula is C62H40N2. The minimum Gasteiger partial charge on any atom is -0.310 e. The molecule has 2 heteroatoms. The number of para-hydroxylation sites is 1. The number of aromatic nitrogens is 1. The Morgan fingerprint density at radius 2 is 0.859 bits per heavy atom. The van der Waals surface area contributed by atoms with Crippen LogP contribution in [0, 0.1) is 0 Å². The van der Waals surface area contributed by atoms with Gasteiger partial charge in [-0.05, 0) is 131 Å². The summed E-state index contributed by atoms with van der Waals surface area (Å²) in [5, 5.41) is 15.0. The summed E-state index contributed by atoms with van der Waals surface area (Å²) < 4.78 is 2.43. The number of hydrogen-bond acceptors (Lipinski definition) is 1. The largest absolute Gasteiger partial charge is 0.310 e. The SMILES string of the molecule is c1ccc(-n2c3cccc(-c4cccc(N(c5ccc(-c6cc7ccccc7c7ccccc67)cc5)c5cc6ccccc6c6ccccc56)c4)c3c3c4ccccc4ccc32)cc1. The summed E-state index contributed by atoms with van der Waals surface area (Å²) in [5.41, 5.74) is 11.7. The fraction of sp³-hybridized carbons (Fsp3) is 0. The van der Waals surface area contributed by atoms with Gasteiger partial charge in [-0.25, -0.2) is 0 Å². The van der Waals surface area contributed by atoms with Crippen molar-refractivity contribution in [2.75, 3.05) is 4.90 Å². The Hall–Kier alpha value is -8.46. The van der Waals surface area contributed by atoms with Crippen LogP contribution in [-0.4, -0.2) is 4.57 Å². The van der Waals surface area contributed by atoms with Gasteiger partial charge in [0.2, 0.25) is 0 Å². The molecule has 12 aromatic carbocycles. The van der Waals surface area contributed by atoms with Crippen molar-refractivity contribution in [3.05, 3.63) is 243 Å².